The Balaban J connectivity index is 1.52. The lowest BCUT2D eigenvalue weighted by Crippen LogP contribution is -2.49. The van der Waals surface area contributed by atoms with Crippen LogP contribution in [0.3, 0.4) is 0 Å². The zero-order valence-electron chi connectivity index (χ0n) is 17.8. The molecule has 3 aromatic carbocycles. The van der Waals surface area contributed by atoms with E-state index in [1.54, 1.807) is 0 Å². The maximum absolute atomic E-state index is 13.4. The predicted molar refractivity (Wildman–Crippen MR) is 126 cm³/mol. The van der Waals surface area contributed by atoms with Crippen LogP contribution in [-0.4, -0.2) is 35.8 Å². The molecule has 1 unspecified atom stereocenters. The van der Waals surface area contributed by atoms with Gasteiger partial charge in [-0.25, -0.2) is 0 Å². The van der Waals surface area contributed by atoms with Crippen LogP contribution in [0.25, 0.3) is 10.8 Å². The second-order valence-corrected chi connectivity index (χ2v) is 8.32. The SMILES string of the molecule is N=C(N)c1cccc(CC(NCc2ccc3ccccc3c2)C(=O)N2CCCCC2)c1. The molecular formula is C26H30N4O. The lowest BCUT2D eigenvalue weighted by Gasteiger charge is -2.31. The van der Waals surface area contributed by atoms with Gasteiger partial charge in [0.25, 0.3) is 0 Å². The summed E-state index contributed by atoms with van der Waals surface area (Å²) < 4.78 is 0. The van der Waals surface area contributed by atoms with Crippen LogP contribution in [0.4, 0.5) is 0 Å². The number of carbonyl (C=O) groups is 1. The Hall–Kier alpha value is -3.18. The Bertz CT molecular complexity index is 1070. The van der Waals surface area contributed by atoms with Crippen LogP contribution in [0.1, 0.15) is 36.0 Å². The van der Waals surface area contributed by atoms with Crippen LogP contribution in [0.15, 0.2) is 66.7 Å². The van der Waals surface area contributed by atoms with Crippen molar-refractivity contribution in [2.45, 2.75) is 38.3 Å². The third-order valence-corrected chi connectivity index (χ3v) is 6.01. The maximum atomic E-state index is 13.4. The molecule has 4 N–H and O–H groups in total. The van der Waals surface area contributed by atoms with E-state index in [1.807, 2.05) is 41.3 Å². The zero-order valence-corrected chi connectivity index (χ0v) is 17.8. The molecule has 3 aromatic rings. The fourth-order valence-corrected chi connectivity index (χ4v) is 4.27. The molecule has 0 spiro atoms. The number of carbonyl (C=O) groups excluding carboxylic acids is 1. The molecule has 1 saturated heterocycles. The summed E-state index contributed by atoms with van der Waals surface area (Å²) in [5, 5.41) is 13.6. The number of hydrogen-bond donors (Lipinski definition) is 3. The van der Waals surface area contributed by atoms with Gasteiger partial charge in [-0.05, 0) is 59.7 Å². The highest BCUT2D eigenvalue weighted by molar-refractivity contribution is 5.95. The van der Waals surface area contributed by atoms with Crippen molar-refractivity contribution in [3.63, 3.8) is 0 Å². The van der Waals surface area contributed by atoms with E-state index in [-0.39, 0.29) is 17.8 Å². The molecule has 1 atom stereocenters. The molecule has 5 nitrogen and oxygen atoms in total. The number of nitrogens with zero attached hydrogens (tertiary/aromatic N) is 1. The molecule has 160 valence electrons. The molecule has 0 aromatic heterocycles. The summed E-state index contributed by atoms with van der Waals surface area (Å²) in [5.41, 5.74) is 8.52. The number of nitrogen functional groups attached to an aromatic ring is 1. The second-order valence-electron chi connectivity index (χ2n) is 8.32. The number of nitrogens with two attached hydrogens (primary N) is 1. The molecule has 0 aliphatic carbocycles. The average molecular weight is 415 g/mol. The third-order valence-electron chi connectivity index (χ3n) is 6.01. The first-order valence-electron chi connectivity index (χ1n) is 11.0. The minimum absolute atomic E-state index is 0.0462. The molecule has 0 bridgehead atoms. The van der Waals surface area contributed by atoms with E-state index in [1.165, 1.54) is 17.2 Å². The Kier molecular flexibility index (Phi) is 6.63. The molecule has 1 aliphatic rings. The van der Waals surface area contributed by atoms with Gasteiger partial charge in [0.15, 0.2) is 0 Å². The molecule has 1 amide bonds. The van der Waals surface area contributed by atoms with Gasteiger partial charge in [0.1, 0.15) is 5.84 Å². The van der Waals surface area contributed by atoms with Gasteiger partial charge in [0, 0.05) is 25.2 Å². The van der Waals surface area contributed by atoms with E-state index in [0.717, 1.165) is 37.1 Å². The summed E-state index contributed by atoms with van der Waals surface area (Å²) in [7, 11) is 0. The van der Waals surface area contributed by atoms with Gasteiger partial charge < -0.3 is 16.0 Å². The molecular weight excluding hydrogens is 384 g/mol. The van der Waals surface area contributed by atoms with E-state index < -0.39 is 0 Å². The summed E-state index contributed by atoms with van der Waals surface area (Å²) in [6.07, 6.45) is 3.91. The minimum Gasteiger partial charge on any atom is -0.384 e. The van der Waals surface area contributed by atoms with Gasteiger partial charge in [-0.15, -0.1) is 0 Å². The molecule has 0 radical (unpaired) electrons. The number of fused-ring (bicyclic) bond motifs is 1. The predicted octanol–water partition coefficient (Wildman–Crippen LogP) is 3.84. The lowest BCUT2D eigenvalue weighted by molar-refractivity contribution is -0.134. The van der Waals surface area contributed by atoms with E-state index in [9.17, 15) is 4.79 Å². The van der Waals surface area contributed by atoms with E-state index in [0.29, 0.717) is 18.5 Å². The number of amidine groups is 1. The number of hydrogen-bond acceptors (Lipinski definition) is 3. The summed E-state index contributed by atoms with van der Waals surface area (Å²) in [6, 6.07) is 22.1. The van der Waals surface area contributed by atoms with Crippen LogP contribution in [0.2, 0.25) is 0 Å². The second kappa shape index (κ2) is 9.75. The highest BCUT2D eigenvalue weighted by Crippen LogP contribution is 2.17. The Labute approximate surface area is 183 Å². The van der Waals surface area contributed by atoms with Crippen LogP contribution in [0, 0.1) is 5.41 Å². The van der Waals surface area contributed by atoms with Crippen LogP contribution in [-0.2, 0) is 17.8 Å². The summed E-state index contributed by atoms with van der Waals surface area (Å²) in [5.74, 6) is 0.207. The molecule has 1 fully saturated rings. The number of nitrogens with one attached hydrogen (secondary N) is 2. The van der Waals surface area contributed by atoms with Crippen molar-refractivity contribution in [3.05, 3.63) is 83.4 Å². The molecule has 4 rings (SSSR count). The van der Waals surface area contributed by atoms with E-state index in [2.05, 4.69) is 35.6 Å². The highest BCUT2D eigenvalue weighted by atomic mass is 16.2. The quantitative estimate of drug-likeness (QED) is 0.406. The average Bonchev–Trinajstić information content (AvgIpc) is 2.82. The number of piperidine rings is 1. The molecule has 0 saturated carbocycles. The van der Waals surface area contributed by atoms with Gasteiger partial charge in [0.2, 0.25) is 5.91 Å². The first-order chi connectivity index (χ1) is 15.1. The number of likely N-dealkylation sites (tertiary alicyclic amines) is 1. The van der Waals surface area contributed by atoms with Crippen molar-refractivity contribution < 1.29 is 4.79 Å². The van der Waals surface area contributed by atoms with Crippen molar-refractivity contribution in [3.8, 4) is 0 Å². The molecule has 1 heterocycles. The van der Waals surface area contributed by atoms with Gasteiger partial charge >= 0.3 is 0 Å². The smallest absolute Gasteiger partial charge is 0.240 e. The molecule has 5 heteroatoms. The third kappa shape index (κ3) is 5.30. The van der Waals surface area contributed by atoms with Crippen molar-refractivity contribution in [2.75, 3.05) is 13.1 Å². The fraction of sp³-hybridized carbons (Fsp3) is 0.308. The first kappa shape index (κ1) is 21.1. The van der Waals surface area contributed by atoms with E-state index >= 15 is 0 Å². The highest BCUT2D eigenvalue weighted by Gasteiger charge is 2.25. The summed E-state index contributed by atoms with van der Waals surface area (Å²) in [6.45, 7) is 2.29. The number of benzene rings is 3. The zero-order chi connectivity index (χ0) is 21.6. The van der Waals surface area contributed by atoms with Gasteiger partial charge in [-0.2, -0.15) is 0 Å². The van der Waals surface area contributed by atoms with E-state index in [4.69, 9.17) is 11.1 Å². The monoisotopic (exact) mass is 414 g/mol. The van der Waals surface area contributed by atoms with Crippen molar-refractivity contribution in [1.82, 2.24) is 10.2 Å². The Morgan fingerprint density at radius 1 is 0.935 bits per heavy atom. The molecule has 1 aliphatic heterocycles. The molecule has 31 heavy (non-hydrogen) atoms. The van der Waals surface area contributed by atoms with Gasteiger partial charge in [-0.1, -0.05) is 54.6 Å². The van der Waals surface area contributed by atoms with Crippen LogP contribution < -0.4 is 11.1 Å². The van der Waals surface area contributed by atoms with Crippen molar-refractivity contribution >= 4 is 22.5 Å². The topological polar surface area (TPSA) is 82.2 Å². The van der Waals surface area contributed by atoms with Crippen molar-refractivity contribution in [2.24, 2.45) is 5.73 Å². The lowest BCUT2D eigenvalue weighted by atomic mass is 10.0. The Morgan fingerprint density at radius 2 is 1.71 bits per heavy atom. The Morgan fingerprint density at radius 3 is 2.48 bits per heavy atom. The standard InChI is InChI=1S/C26H30N4O/c27-25(28)23-10-6-7-19(15-23)17-24(26(31)30-13-4-1-5-14-30)29-18-20-11-12-21-8-2-3-9-22(21)16-20/h2-3,6-12,15-16,24,29H,1,4-5,13-14,17-18H2,(H3,27,28). The van der Waals surface area contributed by atoms with Gasteiger partial charge in [-0.3, -0.25) is 10.2 Å². The number of amides is 1. The maximum Gasteiger partial charge on any atom is 0.240 e. The largest absolute Gasteiger partial charge is 0.384 e. The summed E-state index contributed by atoms with van der Waals surface area (Å²) in [4.78, 5) is 15.3. The van der Waals surface area contributed by atoms with Gasteiger partial charge in [0.05, 0.1) is 6.04 Å². The minimum atomic E-state index is -0.313. The summed E-state index contributed by atoms with van der Waals surface area (Å²) >= 11 is 0. The van der Waals surface area contributed by atoms with Crippen LogP contribution >= 0.6 is 0 Å². The number of rotatable bonds is 7. The van der Waals surface area contributed by atoms with Crippen molar-refractivity contribution in [1.29, 1.82) is 5.41 Å². The fourth-order valence-electron chi connectivity index (χ4n) is 4.27. The first-order valence-corrected chi connectivity index (χ1v) is 11.0. The van der Waals surface area contributed by atoms with Crippen LogP contribution in [0.5, 0.6) is 0 Å². The normalized spacial score (nSPS) is 15.0.